The van der Waals surface area contributed by atoms with Gasteiger partial charge in [0.25, 0.3) is 0 Å². The Morgan fingerprint density at radius 1 is 0.645 bits per heavy atom. The summed E-state index contributed by atoms with van der Waals surface area (Å²) in [5.41, 5.74) is 8.84. The maximum absolute atomic E-state index is 13.0. The number of nitrogens with zero attached hydrogens (tertiary/aromatic N) is 1. The normalized spacial score (nSPS) is 19.3. The number of carbonyl (C=O) groups excluding carboxylic acids is 2. The molecule has 2 aliphatic carbocycles. The molecule has 0 unspecified atom stereocenters. The van der Waals surface area contributed by atoms with Gasteiger partial charge in [-0.15, -0.1) is 0 Å². The predicted octanol–water partition coefficient (Wildman–Crippen LogP) is 7.54. The number of Topliss-reactive ketones (excluding diaryl/α,β-unsaturated/α-hetero) is 1. The van der Waals surface area contributed by atoms with Crippen molar-refractivity contribution in [2.24, 2.45) is 11.8 Å². The van der Waals surface area contributed by atoms with E-state index in [-0.39, 0.29) is 64.8 Å². The first-order valence-corrected chi connectivity index (χ1v) is 20.5. The number of halogens is 1. The number of methoxy groups -OCH3 is 4. The van der Waals surface area contributed by atoms with Gasteiger partial charge < -0.3 is 50.3 Å². The molecule has 4 atom stereocenters. The van der Waals surface area contributed by atoms with Crippen molar-refractivity contribution in [3.05, 3.63) is 149 Å². The number of aryl methyl sites for hydroxylation is 4. The molecule has 62 heavy (non-hydrogen) atoms. The minimum absolute atomic E-state index is 0. The molecule has 4 aromatic rings. The zero-order chi connectivity index (χ0) is 48.6. The Morgan fingerprint density at radius 3 is 1.35 bits per heavy atom. The van der Waals surface area contributed by atoms with Crippen LogP contribution >= 0.6 is 0 Å². The van der Waals surface area contributed by atoms with Gasteiger partial charge in [-0.25, -0.2) is 9.18 Å². The fourth-order valence-electron chi connectivity index (χ4n) is 8.40. The summed E-state index contributed by atoms with van der Waals surface area (Å²) in [7, 11) is 8.89. The molecule has 8 nitrogen and oxygen atoms in total. The van der Waals surface area contributed by atoms with Gasteiger partial charge in [-0.2, -0.15) is 0 Å². The predicted molar refractivity (Wildman–Crippen MR) is 248 cm³/mol. The molecule has 10 heteroatoms. The second-order valence-electron chi connectivity index (χ2n) is 15.5. The summed E-state index contributed by atoms with van der Waals surface area (Å²) in [5.74, 6) is 0.658. The number of hydrogen-bond acceptors (Lipinski definition) is 7. The molecule has 0 radical (unpaired) electrons. The number of ether oxygens (including phenoxy) is 4. The van der Waals surface area contributed by atoms with Crippen LogP contribution in [0.15, 0.2) is 108 Å². The van der Waals surface area contributed by atoms with Gasteiger partial charge in [0.15, 0.2) is 0 Å². The van der Waals surface area contributed by atoms with Gasteiger partial charge >= 0.3 is 23.1 Å². The van der Waals surface area contributed by atoms with Crippen molar-refractivity contribution in [3.63, 3.8) is 0 Å². The van der Waals surface area contributed by atoms with Crippen LogP contribution in [0.4, 0.5) is 0 Å². The van der Waals surface area contributed by atoms with Gasteiger partial charge in [0.05, 0.1) is 41.5 Å². The second kappa shape index (κ2) is 26.7. The van der Waals surface area contributed by atoms with E-state index in [9.17, 15) is 9.59 Å². The van der Waals surface area contributed by atoms with Gasteiger partial charge in [-0.1, -0.05) is 84.0 Å². The van der Waals surface area contributed by atoms with Crippen LogP contribution in [0.2, 0.25) is 0 Å². The smallest absolute Gasteiger partial charge is 1.00 e. The van der Waals surface area contributed by atoms with E-state index in [4.69, 9.17) is 32.0 Å². The number of ketones is 1. The Morgan fingerprint density at radius 2 is 1.00 bits per heavy atom. The number of amides is 1. The third kappa shape index (κ3) is 14.1. The van der Waals surface area contributed by atoms with Crippen LogP contribution < -0.4 is 42.9 Å². The van der Waals surface area contributed by atoms with Crippen molar-refractivity contribution in [3.8, 4) is 23.0 Å². The second-order valence-corrected chi connectivity index (χ2v) is 15.5. The van der Waals surface area contributed by atoms with Crippen molar-refractivity contribution < 1.29 is 65.6 Å². The summed E-state index contributed by atoms with van der Waals surface area (Å²) < 4.78 is 63.5. The molecular weight excluding hydrogens is 902 g/mol. The van der Waals surface area contributed by atoms with Crippen molar-refractivity contribution in [2.45, 2.75) is 83.9 Å². The molecule has 0 saturated carbocycles. The fourth-order valence-corrected chi connectivity index (χ4v) is 8.40. The molecule has 6 rings (SSSR count). The van der Waals surface area contributed by atoms with Crippen molar-refractivity contribution in [1.82, 2.24) is 5.06 Å². The number of hydrogen-bond donors (Lipinski definition) is 0. The molecule has 1 amide bonds. The van der Waals surface area contributed by atoms with Gasteiger partial charge in [0.2, 0.25) is 5.91 Å². The van der Waals surface area contributed by atoms with E-state index in [0.717, 1.165) is 77.9 Å². The molecule has 4 aromatic carbocycles. The molecule has 0 spiro atoms. The van der Waals surface area contributed by atoms with E-state index in [1.54, 1.807) is 35.5 Å². The molecule has 0 fully saturated rings. The summed E-state index contributed by atoms with van der Waals surface area (Å²) in [6.07, 6.45) is 10.6. The van der Waals surface area contributed by atoms with Crippen LogP contribution in [-0.4, -0.2) is 82.4 Å². The third-order valence-corrected chi connectivity index (χ3v) is 11.7. The Bertz CT molecular complexity index is 2210. The van der Waals surface area contributed by atoms with Crippen LogP contribution in [0.25, 0.3) is 0 Å². The van der Waals surface area contributed by atoms with Gasteiger partial charge in [-0.3, -0.25) is 14.4 Å². The van der Waals surface area contributed by atoms with Crippen LogP contribution in [0, 0.1) is 19.2 Å². The average molecular weight is 974 g/mol. The third-order valence-electron chi connectivity index (χ3n) is 11.7. The topological polar surface area (TPSA) is 83.5 Å². The zero-order valence-electron chi connectivity index (χ0n) is 43.6. The van der Waals surface area contributed by atoms with E-state index in [2.05, 4.69) is 61.5 Å². The molecule has 0 N–H and O–H groups in total. The summed E-state index contributed by atoms with van der Waals surface area (Å²) in [6, 6.07) is 28.8. The standard InChI is InChI=1S/C26H33NO4.C25H30O3.CH3.HI.Mg/c1-18-11-14-21(26(28)27(2)31-5)22(15-18)25-23(29-3)16-20(17-24(25)30-4)13-12-19-9-7-6-8-10-19;1-17-10-13-21(18(2)26)22(14-17)25-23(27-3)15-20(16-24(25)28-4)12-11-19-8-6-5-7-9-19;;;/h6-10,15-17,21-22H,11-14H2,1-5H3;5-9,14-16,21-22H,10-13H2,1-4H3;1H3;1H;/q;;-1;;+2/p-1/t21-,22-;21-,22+;;;/m10.../s1/i;2D3;1D3;;. The largest absolute Gasteiger partial charge is 2.00 e. The quantitative estimate of drug-likeness (QED) is 0.0401. The van der Waals surface area contributed by atoms with Crippen molar-refractivity contribution >= 4 is 34.7 Å². The first-order chi connectivity index (χ1) is 31.4. The van der Waals surface area contributed by atoms with Crippen molar-refractivity contribution in [2.75, 3.05) is 42.6 Å². The monoisotopic (exact) mass is 973 g/mol. The number of benzene rings is 4. The number of allylic oxidation sites excluding steroid dienone is 4. The van der Waals surface area contributed by atoms with Gasteiger partial charge in [0, 0.05) is 40.0 Å². The molecule has 0 heterocycles. The average Bonchev–Trinajstić information content (AvgIpc) is 3.31. The minimum Gasteiger partial charge on any atom is -1.00 e. The van der Waals surface area contributed by atoms with E-state index in [1.165, 1.54) is 28.9 Å². The van der Waals surface area contributed by atoms with Gasteiger partial charge in [0.1, 0.15) is 28.8 Å². The Labute approximate surface area is 413 Å². The van der Waals surface area contributed by atoms with Crippen LogP contribution in [0.5, 0.6) is 23.0 Å². The molecule has 0 bridgehead atoms. The van der Waals surface area contributed by atoms with E-state index in [0.29, 0.717) is 24.3 Å². The molecule has 0 aromatic heterocycles. The molecule has 330 valence electrons. The van der Waals surface area contributed by atoms with Gasteiger partial charge in [-0.05, 0) is 119 Å². The molecular formula is C52H66IMgNO7. The Kier molecular flexibility index (Phi) is 19.3. The maximum Gasteiger partial charge on any atom is 2.00 e. The zero-order valence-corrected chi connectivity index (χ0v) is 41.2. The number of carbonyl (C=O) groups is 2. The van der Waals surface area contributed by atoms with Crippen molar-refractivity contribution in [1.29, 1.82) is 0 Å². The van der Waals surface area contributed by atoms with Crippen LogP contribution in [0.3, 0.4) is 0 Å². The summed E-state index contributed by atoms with van der Waals surface area (Å²) in [5, 5.41) is 1.32. The number of rotatable bonds is 15. The minimum atomic E-state index is -2.63. The SMILES string of the molecule is COc1cc(CCc2ccccc2)cc(OC)c1[C@@H]1C=C(C)CC[C@H]1C(=O)N(C)OC.[2H]C([2H])([2H])C(=O)[C@@H]1CCC(C)=C[C@H]1c1c(OC)cc(CCc2ccccc2)cc1OC.[2H][C-]([2H])[2H].[I-].[Mg+2]. The molecule has 0 aliphatic heterocycles. The fraction of sp³-hybridized carbons (Fsp3) is 0.404. The summed E-state index contributed by atoms with van der Waals surface area (Å²) in [6.45, 7) is 1.50. The van der Waals surface area contributed by atoms with E-state index >= 15 is 0 Å². The Hall–Kier alpha value is -3.84. The van der Waals surface area contributed by atoms with E-state index in [1.807, 2.05) is 49.4 Å². The maximum atomic E-state index is 13.0. The summed E-state index contributed by atoms with van der Waals surface area (Å²) >= 11 is 0. The summed E-state index contributed by atoms with van der Waals surface area (Å²) in [4.78, 5) is 31.0. The van der Waals surface area contributed by atoms with Crippen LogP contribution in [-0.2, 0) is 40.1 Å². The number of hydroxylamine groups is 2. The van der Waals surface area contributed by atoms with Crippen LogP contribution in [0.1, 0.15) is 99.8 Å². The van der Waals surface area contributed by atoms with E-state index < -0.39 is 31.8 Å². The molecule has 0 saturated heterocycles. The Balaban J connectivity index is 0.000000421. The first-order valence-electron chi connectivity index (χ1n) is 23.5. The molecule has 2 aliphatic rings. The first kappa shape index (κ1) is 44.8.